The minimum Gasteiger partial charge on any atom is -0.302 e. The summed E-state index contributed by atoms with van der Waals surface area (Å²) >= 11 is 0. The first-order chi connectivity index (χ1) is 5.50. The zero-order valence-corrected chi connectivity index (χ0v) is 8.56. The number of hydrogen-bond acceptors (Lipinski definition) is 1. The monoisotopic (exact) mass is 169 g/mol. The van der Waals surface area contributed by atoms with E-state index in [1.54, 1.807) is 0 Å². The molecule has 0 aromatic rings. The van der Waals surface area contributed by atoms with Gasteiger partial charge in [0.2, 0.25) is 0 Å². The number of nitrogens with zero attached hydrogens (tertiary/aromatic N) is 1. The van der Waals surface area contributed by atoms with Crippen molar-refractivity contribution in [2.45, 2.75) is 39.7 Å². The molecule has 0 aliphatic carbocycles. The number of rotatable bonds is 2. The maximum atomic E-state index is 7.95. The van der Waals surface area contributed by atoms with Gasteiger partial charge in [-0.2, -0.15) is 0 Å². The topological polar surface area (TPSA) is 27.0 Å². The lowest BCUT2D eigenvalue weighted by atomic mass is 9.87. The molecule has 1 N–H and O–H groups in total. The molecule has 1 saturated heterocycles. The Labute approximate surface area is 76.1 Å². The zero-order valence-electron chi connectivity index (χ0n) is 8.56. The van der Waals surface area contributed by atoms with Crippen molar-refractivity contribution in [2.24, 2.45) is 5.41 Å². The van der Waals surface area contributed by atoms with Crippen LogP contribution >= 0.6 is 0 Å². The zero-order chi connectivity index (χ0) is 9.19. The molecular weight excluding hydrogens is 148 g/mol. The van der Waals surface area contributed by atoms with E-state index in [0.29, 0.717) is 0 Å². The summed E-state index contributed by atoms with van der Waals surface area (Å²) in [5.41, 5.74) is 8.09. The van der Waals surface area contributed by atoms with Crippen LogP contribution < -0.4 is 5.73 Å². The predicted octanol–water partition coefficient (Wildman–Crippen LogP) is 1.78. The van der Waals surface area contributed by atoms with Crippen LogP contribution in [0.2, 0.25) is 0 Å². The molecule has 1 aliphatic heterocycles. The summed E-state index contributed by atoms with van der Waals surface area (Å²) in [6.07, 6.45) is 2.66. The molecule has 1 unspecified atom stereocenters. The van der Waals surface area contributed by atoms with Gasteiger partial charge < -0.3 is 4.90 Å². The minimum atomic E-state index is 0.0654. The SMILES string of the molecule is CC(C)(C)C([NH])CN1CCCC1. The Hall–Kier alpha value is -0.0800. The van der Waals surface area contributed by atoms with Crippen molar-refractivity contribution < 1.29 is 0 Å². The molecule has 0 aromatic carbocycles. The van der Waals surface area contributed by atoms with E-state index in [-0.39, 0.29) is 11.5 Å². The van der Waals surface area contributed by atoms with Gasteiger partial charge in [0.15, 0.2) is 0 Å². The Morgan fingerprint density at radius 2 is 1.75 bits per heavy atom. The summed E-state index contributed by atoms with van der Waals surface area (Å²) in [5, 5.41) is 0. The van der Waals surface area contributed by atoms with E-state index >= 15 is 0 Å². The van der Waals surface area contributed by atoms with E-state index in [1.165, 1.54) is 25.9 Å². The summed E-state index contributed by atoms with van der Waals surface area (Å²) in [7, 11) is 0. The van der Waals surface area contributed by atoms with E-state index in [0.717, 1.165) is 6.54 Å². The molecule has 0 aromatic heterocycles. The summed E-state index contributed by atoms with van der Waals surface area (Å²) < 4.78 is 0. The molecule has 12 heavy (non-hydrogen) atoms. The van der Waals surface area contributed by atoms with Crippen LogP contribution in [0.5, 0.6) is 0 Å². The highest BCUT2D eigenvalue weighted by molar-refractivity contribution is 4.81. The molecular formula is C10H21N2. The third-order valence-electron chi connectivity index (χ3n) is 2.68. The summed E-state index contributed by atoms with van der Waals surface area (Å²) in [5.74, 6) is 0. The number of likely N-dealkylation sites (tertiary alicyclic amines) is 1. The minimum absolute atomic E-state index is 0.0654. The van der Waals surface area contributed by atoms with Crippen LogP contribution in [0.4, 0.5) is 0 Å². The van der Waals surface area contributed by atoms with Gasteiger partial charge in [0.25, 0.3) is 0 Å². The first kappa shape index (κ1) is 10.0. The van der Waals surface area contributed by atoms with Crippen molar-refractivity contribution in [3.05, 3.63) is 0 Å². The highest BCUT2D eigenvalue weighted by Gasteiger charge is 2.24. The molecule has 0 saturated carbocycles. The smallest absolute Gasteiger partial charge is 0.0388 e. The normalized spacial score (nSPS) is 23.0. The number of hydrogen-bond donors (Lipinski definition) is 0. The second-order valence-electron chi connectivity index (χ2n) is 4.93. The molecule has 71 valence electrons. The summed E-state index contributed by atoms with van der Waals surface area (Å²) in [6.45, 7) is 9.85. The van der Waals surface area contributed by atoms with Gasteiger partial charge in [-0.15, -0.1) is 0 Å². The highest BCUT2D eigenvalue weighted by atomic mass is 15.1. The van der Waals surface area contributed by atoms with E-state index in [2.05, 4.69) is 25.7 Å². The van der Waals surface area contributed by atoms with Crippen LogP contribution in [0.15, 0.2) is 0 Å². The molecule has 1 atom stereocenters. The van der Waals surface area contributed by atoms with Gasteiger partial charge in [-0.1, -0.05) is 20.8 Å². The van der Waals surface area contributed by atoms with Gasteiger partial charge in [0.05, 0.1) is 0 Å². The van der Waals surface area contributed by atoms with Crippen molar-refractivity contribution >= 4 is 0 Å². The third kappa shape index (κ3) is 2.76. The largest absolute Gasteiger partial charge is 0.302 e. The van der Waals surface area contributed by atoms with Crippen molar-refractivity contribution in [2.75, 3.05) is 19.6 Å². The standard InChI is InChI=1S/C10H21N2/c1-10(2,3)9(11)8-12-6-4-5-7-12/h9,11H,4-8H2,1-3H3. The van der Waals surface area contributed by atoms with Gasteiger partial charge in [-0.05, 0) is 31.3 Å². The lowest BCUT2D eigenvalue weighted by molar-refractivity contribution is 0.222. The van der Waals surface area contributed by atoms with Crippen LogP contribution in [0.3, 0.4) is 0 Å². The lowest BCUT2D eigenvalue weighted by Gasteiger charge is -2.29. The maximum Gasteiger partial charge on any atom is 0.0388 e. The molecule has 0 spiro atoms. The number of nitrogens with one attached hydrogen (secondary N) is 1. The van der Waals surface area contributed by atoms with E-state index in [4.69, 9.17) is 5.73 Å². The van der Waals surface area contributed by atoms with Gasteiger partial charge in [-0.25, -0.2) is 0 Å². The fourth-order valence-corrected chi connectivity index (χ4v) is 1.50. The lowest BCUT2D eigenvalue weighted by Crippen LogP contribution is -2.39. The van der Waals surface area contributed by atoms with E-state index in [9.17, 15) is 0 Å². The predicted molar refractivity (Wildman–Crippen MR) is 52.0 cm³/mol. The second-order valence-corrected chi connectivity index (χ2v) is 4.93. The van der Waals surface area contributed by atoms with Gasteiger partial charge in [-0.3, -0.25) is 5.73 Å². The Balaban J connectivity index is 2.30. The summed E-state index contributed by atoms with van der Waals surface area (Å²) in [4.78, 5) is 2.42. The van der Waals surface area contributed by atoms with Crippen molar-refractivity contribution in [1.82, 2.24) is 10.6 Å². The second kappa shape index (κ2) is 3.75. The quantitative estimate of drug-likeness (QED) is 0.619. The Morgan fingerprint density at radius 3 is 2.17 bits per heavy atom. The molecule has 1 rings (SSSR count). The van der Waals surface area contributed by atoms with Crippen LogP contribution in [-0.2, 0) is 0 Å². The molecule has 2 heteroatoms. The molecule has 1 heterocycles. The molecule has 1 aliphatic rings. The van der Waals surface area contributed by atoms with Crippen molar-refractivity contribution in [3.63, 3.8) is 0 Å². The molecule has 0 bridgehead atoms. The molecule has 2 nitrogen and oxygen atoms in total. The van der Waals surface area contributed by atoms with E-state index < -0.39 is 0 Å². The van der Waals surface area contributed by atoms with E-state index in [1.807, 2.05) is 0 Å². The first-order valence-corrected chi connectivity index (χ1v) is 4.93. The van der Waals surface area contributed by atoms with Gasteiger partial charge in [0.1, 0.15) is 0 Å². The van der Waals surface area contributed by atoms with Crippen LogP contribution in [0.1, 0.15) is 33.6 Å². The molecule has 1 radical (unpaired) electrons. The van der Waals surface area contributed by atoms with Crippen LogP contribution in [0, 0.1) is 5.41 Å². The fraction of sp³-hybridized carbons (Fsp3) is 1.00. The third-order valence-corrected chi connectivity index (χ3v) is 2.68. The van der Waals surface area contributed by atoms with Gasteiger partial charge in [0, 0.05) is 12.6 Å². The first-order valence-electron chi connectivity index (χ1n) is 4.93. The highest BCUT2D eigenvalue weighted by Crippen LogP contribution is 2.20. The molecule has 1 fully saturated rings. The van der Waals surface area contributed by atoms with Crippen molar-refractivity contribution in [3.8, 4) is 0 Å². The average molecular weight is 169 g/mol. The van der Waals surface area contributed by atoms with Crippen LogP contribution in [0.25, 0.3) is 0 Å². The van der Waals surface area contributed by atoms with Gasteiger partial charge >= 0.3 is 0 Å². The average Bonchev–Trinajstić information content (AvgIpc) is 2.37. The maximum absolute atomic E-state index is 7.95. The van der Waals surface area contributed by atoms with Crippen LogP contribution in [-0.4, -0.2) is 30.6 Å². The Morgan fingerprint density at radius 1 is 1.25 bits per heavy atom. The Kier molecular flexibility index (Phi) is 3.13. The summed E-state index contributed by atoms with van der Waals surface area (Å²) in [6, 6.07) is 0.0654. The Bertz CT molecular complexity index is 131. The van der Waals surface area contributed by atoms with Crippen molar-refractivity contribution in [1.29, 1.82) is 0 Å². The molecule has 0 amide bonds. The fourth-order valence-electron chi connectivity index (χ4n) is 1.50.